The highest BCUT2D eigenvalue weighted by atomic mass is 16.5. The molecule has 2 N–H and O–H groups in total. The molecule has 0 aromatic carbocycles. The summed E-state index contributed by atoms with van der Waals surface area (Å²) in [7, 11) is 0. The van der Waals surface area contributed by atoms with E-state index in [0.717, 1.165) is 19.5 Å². The van der Waals surface area contributed by atoms with E-state index in [9.17, 15) is 4.79 Å². The maximum atomic E-state index is 11.3. The number of hydrogen-bond donors (Lipinski definition) is 2. The zero-order valence-electron chi connectivity index (χ0n) is 9.22. The lowest BCUT2D eigenvalue weighted by molar-refractivity contribution is 0.104. The highest BCUT2D eigenvalue weighted by Crippen LogP contribution is 2.12. The molecule has 1 fully saturated rings. The van der Waals surface area contributed by atoms with Gasteiger partial charge in [0, 0.05) is 12.6 Å². The van der Waals surface area contributed by atoms with Gasteiger partial charge in [-0.1, -0.05) is 20.8 Å². The summed E-state index contributed by atoms with van der Waals surface area (Å²) in [5.41, 5.74) is 0.0330. The smallest absolute Gasteiger partial charge is 0.407 e. The van der Waals surface area contributed by atoms with Gasteiger partial charge >= 0.3 is 6.09 Å². The predicted molar refractivity (Wildman–Crippen MR) is 55.2 cm³/mol. The number of alkyl carbamates (subject to hydrolysis) is 1. The minimum absolute atomic E-state index is 0.0330. The van der Waals surface area contributed by atoms with Crippen molar-refractivity contribution in [2.45, 2.75) is 33.2 Å². The molecule has 0 saturated carbocycles. The van der Waals surface area contributed by atoms with Crippen molar-refractivity contribution >= 4 is 6.09 Å². The van der Waals surface area contributed by atoms with Crippen LogP contribution in [0.5, 0.6) is 0 Å². The molecule has 4 heteroatoms. The van der Waals surface area contributed by atoms with Gasteiger partial charge in [0.15, 0.2) is 0 Å². The van der Waals surface area contributed by atoms with Crippen molar-refractivity contribution in [1.82, 2.24) is 10.6 Å². The molecule has 0 aromatic rings. The predicted octanol–water partition coefficient (Wildman–Crippen LogP) is 1.12. The first kappa shape index (κ1) is 11.3. The van der Waals surface area contributed by atoms with E-state index in [-0.39, 0.29) is 17.6 Å². The molecule has 4 nitrogen and oxygen atoms in total. The number of ether oxygens (including phenoxy) is 1. The van der Waals surface area contributed by atoms with Crippen LogP contribution in [0.15, 0.2) is 0 Å². The summed E-state index contributed by atoms with van der Waals surface area (Å²) in [6, 6.07) is 0.238. The topological polar surface area (TPSA) is 50.4 Å². The summed E-state index contributed by atoms with van der Waals surface area (Å²) < 4.78 is 5.09. The Balaban J connectivity index is 2.15. The first-order valence-electron chi connectivity index (χ1n) is 5.11. The van der Waals surface area contributed by atoms with Crippen molar-refractivity contribution in [2.75, 3.05) is 19.7 Å². The van der Waals surface area contributed by atoms with Crippen LogP contribution in [0.1, 0.15) is 27.2 Å². The molecular formula is C10H20N2O2. The summed E-state index contributed by atoms with van der Waals surface area (Å²) in [5, 5.41) is 6.01. The Morgan fingerprint density at radius 3 is 2.79 bits per heavy atom. The SMILES string of the molecule is CC(C)(C)COC(=O)NC1CCNC1. The Kier molecular flexibility index (Phi) is 3.75. The fraction of sp³-hybridized carbons (Fsp3) is 0.900. The number of amides is 1. The Bertz CT molecular complexity index is 193. The molecule has 82 valence electrons. The van der Waals surface area contributed by atoms with Gasteiger partial charge < -0.3 is 15.4 Å². The second-order valence-electron chi connectivity index (χ2n) is 4.97. The minimum atomic E-state index is -0.298. The summed E-state index contributed by atoms with van der Waals surface area (Å²) in [6.45, 7) is 8.40. The van der Waals surface area contributed by atoms with Crippen LogP contribution in [0.25, 0.3) is 0 Å². The zero-order valence-corrected chi connectivity index (χ0v) is 9.22. The van der Waals surface area contributed by atoms with E-state index >= 15 is 0 Å². The van der Waals surface area contributed by atoms with Gasteiger partial charge in [0.1, 0.15) is 0 Å². The van der Waals surface area contributed by atoms with Crippen LogP contribution in [0.4, 0.5) is 4.79 Å². The molecule has 0 spiro atoms. The number of carbonyl (C=O) groups is 1. The lowest BCUT2D eigenvalue weighted by Gasteiger charge is -2.19. The van der Waals surface area contributed by atoms with Gasteiger partial charge in [-0.3, -0.25) is 0 Å². The van der Waals surface area contributed by atoms with Crippen LogP contribution in [0, 0.1) is 5.41 Å². The monoisotopic (exact) mass is 200 g/mol. The molecule has 1 amide bonds. The van der Waals surface area contributed by atoms with E-state index in [1.54, 1.807) is 0 Å². The van der Waals surface area contributed by atoms with E-state index in [0.29, 0.717) is 6.61 Å². The van der Waals surface area contributed by atoms with Crippen molar-refractivity contribution in [3.05, 3.63) is 0 Å². The largest absolute Gasteiger partial charge is 0.449 e. The Morgan fingerprint density at radius 2 is 2.29 bits per heavy atom. The molecule has 1 heterocycles. The number of nitrogens with one attached hydrogen (secondary N) is 2. The second-order valence-corrected chi connectivity index (χ2v) is 4.97. The Morgan fingerprint density at radius 1 is 1.57 bits per heavy atom. The maximum absolute atomic E-state index is 11.3. The fourth-order valence-corrected chi connectivity index (χ4v) is 1.27. The average Bonchev–Trinajstić information content (AvgIpc) is 2.52. The molecule has 0 radical (unpaired) electrons. The van der Waals surface area contributed by atoms with Crippen LogP contribution in [-0.2, 0) is 4.74 Å². The standard InChI is InChI=1S/C10H20N2O2/c1-10(2,3)7-14-9(13)12-8-4-5-11-6-8/h8,11H,4-7H2,1-3H3,(H,12,13). The molecule has 1 aliphatic heterocycles. The molecule has 1 rings (SSSR count). The minimum Gasteiger partial charge on any atom is -0.449 e. The molecule has 1 unspecified atom stereocenters. The van der Waals surface area contributed by atoms with Crippen LogP contribution >= 0.6 is 0 Å². The van der Waals surface area contributed by atoms with Crippen molar-refractivity contribution < 1.29 is 9.53 Å². The van der Waals surface area contributed by atoms with Crippen LogP contribution < -0.4 is 10.6 Å². The highest BCUT2D eigenvalue weighted by molar-refractivity contribution is 5.67. The fourth-order valence-electron chi connectivity index (χ4n) is 1.27. The highest BCUT2D eigenvalue weighted by Gasteiger charge is 2.19. The Hall–Kier alpha value is -0.770. The van der Waals surface area contributed by atoms with E-state index in [2.05, 4.69) is 10.6 Å². The number of carbonyl (C=O) groups excluding carboxylic acids is 1. The lowest BCUT2D eigenvalue weighted by atomic mass is 9.99. The van der Waals surface area contributed by atoms with Crippen LogP contribution in [-0.4, -0.2) is 31.8 Å². The lowest BCUT2D eigenvalue weighted by Crippen LogP contribution is -2.37. The van der Waals surface area contributed by atoms with Gasteiger partial charge in [-0.25, -0.2) is 4.79 Å². The summed E-state index contributed by atoms with van der Waals surface area (Å²) in [4.78, 5) is 11.3. The first-order chi connectivity index (χ1) is 6.47. The van der Waals surface area contributed by atoms with Gasteiger partial charge in [0.05, 0.1) is 6.61 Å². The molecule has 0 aliphatic carbocycles. The summed E-state index contributed by atoms with van der Waals surface area (Å²) in [6.07, 6.45) is 0.693. The normalized spacial score (nSPS) is 22.1. The summed E-state index contributed by atoms with van der Waals surface area (Å²) in [5.74, 6) is 0. The van der Waals surface area contributed by atoms with Crippen molar-refractivity contribution in [1.29, 1.82) is 0 Å². The van der Waals surface area contributed by atoms with Crippen LogP contribution in [0.3, 0.4) is 0 Å². The van der Waals surface area contributed by atoms with Crippen LogP contribution in [0.2, 0.25) is 0 Å². The van der Waals surface area contributed by atoms with Crippen molar-refractivity contribution in [2.24, 2.45) is 5.41 Å². The average molecular weight is 200 g/mol. The quantitative estimate of drug-likeness (QED) is 0.702. The van der Waals surface area contributed by atoms with E-state index < -0.39 is 0 Å². The molecule has 1 atom stereocenters. The maximum Gasteiger partial charge on any atom is 0.407 e. The third-order valence-corrected chi connectivity index (χ3v) is 2.02. The number of hydrogen-bond acceptors (Lipinski definition) is 3. The summed E-state index contributed by atoms with van der Waals surface area (Å²) >= 11 is 0. The molecule has 14 heavy (non-hydrogen) atoms. The molecule has 1 saturated heterocycles. The van der Waals surface area contributed by atoms with Gasteiger partial charge in [-0.05, 0) is 18.4 Å². The molecule has 0 bridgehead atoms. The zero-order chi connectivity index (χ0) is 10.6. The van der Waals surface area contributed by atoms with E-state index in [1.165, 1.54) is 0 Å². The molecular weight excluding hydrogens is 180 g/mol. The number of rotatable bonds is 2. The third kappa shape index (κ3) is 4.46. The van der Waals surface area contributed by atoms with Gasteiger partial charge in [-0.2, -0.15) is 0 Å². The van der Waals surface area contributed by atoms with Gasteiger partial charge in [0.25, 0.3) is 0 Å². The van der Waals surface area contributed by atoms with E-state index in [1.807, 2.05) is 20.8 Å². The molecule has 1 aliphatic rings. The molecule has 0 aromatic heterocycles. The van der Waals surface area contributed by atoms with Gasteiger partial charge in [-0.15, -0.1) is 0 Å². The van der Waals surface area contributed by atoms with Crippen molar-refractivity contribution in [3.63, 3.8) is 0 Å². The first-order valence-corrected chi connectivity index (χ1v) is 5.11. The second kappa shape index (κ2) is 4.64. The van der Waals surface area contributed by atoms with E-state index in [4.69, 9.17) is 4.74 Å². The van der Waals surface area contributed by atoms with Gasteiger partial charge in [0.2, 0.25) is 0 Å². The van der Waals surface area contributed by atoms with Crippen molar-refractivity contribution in [3.8, 4) is 0 Å². The third-order valence-electron chi connectivity index (χ3n) is 2.02. The Labute approximate surface area is 85.4 Å².